The highest BCUT2D eigenvalue weighted by molar-refractivity contribution is 5.97. The molecule has 1 aliphatic heterocycles. The highest BCUT2D eigenvalue weighted by Gasteiger charge is 2.24. The molecule has 0 bridgehead atoms. The van der Waals surface area contributed by atoms with Crippen molar-refractivity contribution >= 4 is 11.8 Å². The first-order valence-corrected chi connectivity index (χ1v) is 9.91. The highest BCUT2D eigenvalue weighted by Crippen LogP contribution is 2.22. The lowest BCUT2D eigenvalue weighted by molar-refractivity contribution is 0.0162. The van der Waals surface area contributed by atoms with Crippen LogP contribution in [0.4, 0.5) is 4.39 Å². The van der Waals surface area contributed by atoms with E-state index in [9.17, 15) is 14.0 Å². The van der Waals surface area contributed by atoms with Gasteiger partial charge in [0.1, 0.15) is 11.5 Å². The summed E-state index contributed by atoms with van der Waals surface area (Å²) in [5, 5.41) is 2.97. The maximum absolute atomic E-state index is 13.4. The second kappa shape index (κ2) is 9.77. The monoisotopic (exact) mass is 414 g/mol. The molecule has 2 amide bonds. The van der Waals surface area contributed by atoms with Crippen LogP contribution in [-0.2, 0) is 4.74 Å². The average molecular weight is 414 g/mol. The fraction of sp³-hybridized carbons (Fsp3) is 0.409. The molecule has 1 aromatic heterocycles. The molecular formula is C22H27FN4O3. The van der Waals surface area contributed by atoms with Crippen LogP contribution in [0.2, 0.25) is 0 Å². The summed E-state index contributed by atoms with van der Waals surface area (Å²) in [5.41, 5.74) is 2.14. The zero-order chi connectivity index (χ0) is 21.7. The van der Waals surface area contributed by atoms with E-state index in [2.05, 4.69) is 15.2 Å². The molecule has 160 valence electrons. The van der Waals surface area contributed by atoms with E-state index in [4.69, 9.17) is 4.74 Å². The van der Waals surface area contributed by atoms with Gasteiger partial charge in [-0.3, -0.25) is 14.5 Å². The number of hydrogen-bond donors (Lipinski definition) is 1. The summed E-state index contributed by atoms with van der Waals surface area (Å²) in [5.74, 6) is -0.768. The molecule has 0 saturated carbocycles. The van der Waals surface area contributed by atoms with Crippen LogP contribution in [0.5, 0.6) is 0 Å². The van der Waals surface area contributed by atoms with Crippen LogP contribution < -0.4 is 5.32 Å². The molecule has 1 aromatic carbocycles. The number of pyridine rings is 1. The smallest absolute Gasteiger partial charge is 0.271 e. The average Bonchev–Trinajstić information content (AvgIpc) is 2.75. The van der Waals surface area contributed by atoms with Gasteiger partial charge in [0, 0.05) is 33.7 Å². The zero-order valence-corrected chi connectivity index (χ0v) is 17.5. The Hall–Kier alpha value is -2.84. The summed E-state index contributed by atoms with van der Waals surface area (Å²) in [6.45, 7) is 4.79. The van der Waals surface area contributed by atoms with E-state index >= 15 is 0 Å². The molecule has 3 rings (SSSR count). The first kappa shape index (κ1) is 21.9. The van der Waals surface area contributed by atoms with Crippen molar-refractivity contribution in [2.45, 2.75) is 13.0 Å². The third-order valence-corrected chi connectivity index (χ3v) is 5.15. The van der Waals surface area contributed by atoms with Crippen LogP contribution in [0.1, 0.15) is 38.1 Å². The minimum atomic E-state index is -0.294. The lowest BCUT2D eigenvalue weighted by Gasteiger charge is -2.35. The number of aromatic nitrogens is 1. The molecule has 1 atom stereocenters. The van der Waals surface area contributed by atoms with Gasteiger partial charge in [0.05, 0.1) is 30.5 Å². The van der Waals surface area contributed by atoms with Gasteiger partial charge in [-0.05, 0) is 36.8 Å². The lowest BCUT2D eigenvalue weighted by atomic mass is 10.0. The Bertz CT molecular complexity index is 896. The molecule has 1 unspecified atom stereocenters. The normalized spacial score (nSPS) is 15.5. The number of hydrogen-bond acceptors (Lipinski definition) is 5. The second-order valence-corrected chi connectivity index (χ2v) is 7.45. The van der Waals surface area contributed by atoms with Gasteiger partial charge in [0.2, 0.25) is 0 Å². The van der Waals surface area contributed by atoms with Crippen molar-refractivity contribution in [1.82, 2.24) is 20.1 Å². The van der Waals surface area contributed by atoms with Crippen LogP contribution in [0.15, 0.2) is 36.4 Å². The SMILES string of the molecule is Cc1nc(C(=O)N(C)C)ccc1C(=O)NCC(c1ccc(F)cc1)N1CCOCC1. The summed E-state index contributed by atoms with van der Waals surface area (Å²) < 4.78 is 18.8. The largest absolute Gasteiger partial charge is 0.379 e. The molecule has 1 saturated heterocycles. The van der Waals surface area contributed by atoms with Crippen LogP contribution >= 0.6 is 0 Å². The van der Waals surface area contributed by atoms with Crippen molar-refractivity contribution < 1.29 is 18.7 Å². The molecule has 0 aliphatic carbocycles. The molecule has 0 radical (unpaired) electrons. The number of halogens is 1. The van der Waals surface area contributed by atoms with Gasteiger partial charge < -0.3 is 15.0 Å². The van der Waals surface area contributed by atoms with E-state index in [1.807, 2.05) is 0 Å². The van der Waals surface area contributed by atoms with E-state index in [0.717, 1.165) is 18.7 Å². The second-order valence-electron chi connectivity index (χ2n) is 7.45. The minimum absolute atomic E-state index is 0.0960. The maximum atomic E-state index is 13.4. The first-order valence-electron chi connectivity index (χ1n) is 9.91. The summed E-state index contributed by atoms with van der Waals surface area (Å²) in [6, 6.07) is 9.44. The molecule has 8 heteroatoms. The number of nitrogens with one attached hydrogen (secondary N) is 1. The quantitative estimate of drug-likeness (QED) is 0.783. The molecule has 2 heterocycles. The lowest BCUT2D eigenvalue weighted by Crippen LogP contribution is -2.44. The molecule has 1 N–H and O–H groups in total. The van der Waals surface area contributed by atoms with Crippen LogP contribution in [0.3, 0.4) is 0 Å². The molecule has 2 aromatic rings. The van der Waals surface area contributed by atoms with Crippen LogP contribution in [0, 0.1) is 12.7 Å². The van der Waals surface area contributed by atoms with Crippen molar-refractivity contribution in [2.75, 3.05) is 46.9 Å². The standard InChI is InChI=1S/C22H27FN4O3/c1-15-18(8-9-19(25-15)22(29)26(2)3)21(28)24-14-20(27-10-12-30-13-11-27)16-4-6-17(23)7-5-16/h4-9,20H,10-14H2,1-3H3,(H,24,28). The number of carbonyl (C=O) groups is 2. The van der Waals surface area contributed by atoms with Crippen molar-refractivity contribution in [3.63, 3.8) is 0 Å². The fourth-order valence-corrected chi connectivity index (χ4v) is 3.47. The van der Waals surface area contributed by atoms with Crippen molar-refractivity contribution in [1.29, 1.82) is 0 Å². The van der Waals surface area contributed by atoms with Crippen LogP contribution in [0.25, 0.3) is 0 Å². The fourth-order valence-electron chi connectivity index (χ4n) is 3.47. The van der Waals surface area contributed by atoms with Gasteiger partial charge in [-0.1, -0.05) is 12.1 Å². The zero-order valence-electron chi connectivity index (χ0n) is 17.5. The van der Waals surface area contributed by atoms with E-state index in [1.54, 1.807) is 45.3 Å². The molecule has 7 nitrogen and oxygen atoms in total. The van der Waals surface area contributed by atoms with Crippen molar-refractivity contribution in [2.24, 2.45) is 0 Å². The van der Waals surface area contributed by atoms with Crippen molar-refractivity contribution in [3.05, 3.63) is 64.7 Å². The Balaban J connectivity index is 1.74. The van der Waals surface area contributed by atoms with E-state index in [1.165, 1.54) is 17.0 Å². The molecular weight excluding hydrogens is 387 g/mol. The Morgan fingerprint density at radius 2 is 1.83 bits per heavy atom. The predicted octanol–water partition coefficient (Wildman–Crippen LogP) is 2.03. The van der Waals surface area contributed by atoms with E-state index in [-0.39, 0.29) is 23.7 Å². The van der Waals surface area contributed by atoms with Gasteiger partial charge in [0.25, 0.3) is 11.8 Å². The molecule has 1 aliphatic rings. The summed E-state index contributed by atoms with van der Waals surface area (Å²) in [6.07, 6.45) is 0. The molecule has 0 spiro atoms. The number of benzene rings is 1. The highest BCUT2D eigenvalue weighted by atomic mass is 19.1. The molecule has 1 fully saturated rings. The Kier molecular flexibility index (Phi) is 7.12. The van der Waals surface area contributed by atoms with Gasteiger partial charge in [-0.25, -0.2) is 9.37 Å². The van der Waals surface area contributed by atoms with E-state index < -0.39 is 0 Å². The number of nitrogens with zero attached hydrogens (tertiary/aromatic N) is 3. The van der Waals surface area contributed by atoms with Gasteiger partial charge >= 0.3 is 0 Å². The Morgan fingerprint density at radius 1 is 1.17 bits per heavy atom. The summed E-state index contributed by atoms with van der Waals surface area (Å²) in [4.78, 5) is 32.8. The number of aryl methyl sites for hydroxylation is 1. The predicted molar refractivity (Wildman–Crippen MR) is 111 cm³/mol. The Morgan fingerprint density at radius 3 is 2.43 bits per heavy atom. The number of rotatable bonds is 6. The molecule has 30 heavy (non-hydrogen) atoms. The third-order valence-electron chi connectivity index (χ3n) is 5.15. The first-order chi connectivity index (χ1) is 14.4. The minimum Gasteiger partial charge on any atom is -0.379 e. The summed E-state index contributed by atoms with van der Waals surface area (Å²) >= 11 is 0. The number of morpholine rings is 1. The number of ether oxygens (including phenoxy) is 1. The van der Waals surface area contributed by atoms with Gasteiger partial charge in [-0.15, -0.1) is 0 Å². The number of amides is 2. The van der Waals surface area contributed by atoms with Gasteiger partial charge in [0.15, 0.2) is 0 Å². The van der Waals surface area contributed by atoms with Crippen LogP contribution in [-0.4, -0.2) is 73.5 Å². The van der Waals surface area contributed by atoms with Gasteiger partial charge in [-0.2, -0.15) is 0 Å². The maximum Gasteiger partial charge on any atom is 0.271 e. The Labute approximate surface area is 175 Å². The summed E-state index contributed by atoms with van der Waals surface area (Å²) in [7, 11) is 3.31. The van der Waals surface area contributed by atoms with E-state index in [0.29, 0.717) is 36.7 Å². The topological polar surface area (TPSA) is 74.8 Å². The number of carbonyl (C=O) groups excluding carboxylic acids is 2. The van der Waals surface area contributed by atoms with Crippen molar-refractivity contribution in [3.8, 4) is 0 Å². The third kappa shape index (κ3) is 5.20.